The van der Waals surface area contributed by atoms with Gasteiger partial charge in [0.2, 0.25) is 0 Å². The molecule has 0 aromatic heterocycles. The molecule has 0 aliphatic heterocycles. The van der Waals surface area contributed by atoms with Gasteiger partial charge >= 0.3 is 10.1 Å². The van der Waals surface area contributed by atoms with E-state index in [1.54, 1.807) is 79.9 Å². The summed E-state index contributed by atoms with van der Waals surface area (Å²) in [6.45, 7) is 0. The fourth-order valence-electron chi connectivity index (χ4n) is 2.50. The van der Waals surface area contributed by atoms with Gasteiger partial charge in [-0.1, -0.05) is 30.3 Å². The lowest BCUT2D eigenvalue weighted by atomic mass is 10.0. The largest absolute Gasteiger partial charge is 0.497 e. The van der Waals surface area contributed by atoms with Gasteiger partial charge in [-0.3, -0.25) is 0 Å². The van der Waals surface area contributed by atoms with Crippen LogP contribution in [0.2, 0.25) is 0 Å². The van der Waals surface area contributed by atoms with E-state index in [-0.39, 0.29) is 10.6 Å². The van der Waals surface area contributed by atoms with Crippen molar-refractivity contribution in [2.24, 2.45) is 0 Å². The normalized spacial score (nSPS) is 11.5. The molecule has 0 saturated heterocycles. The van der Waals surface area contributed by atoms with Gasteiger partial charge in [0.1, 0.15) is 16.4 Å². The molecule has 0 bridgehead atoms. The summed E-state index contributed by atoms with van der Waals surface area (Å²) in [5.41, 5.74) is 1.99. The summed E-state index contributed by atoms with van der Waals surface area (Å²) in [7, 11) is -2.30. The van der Waals surface area contributed by atoms with Crippen LogP contribution in [-0.2, 0) is 10.1 Å². The average molecular weight is 391 g/mol. The van der Waals surface area contributed by atoms with Crippen LogP contribution in [0.3, 0.4) is 0 Å². The van der Waals surface area contributed by atoms with Crippen LogP contribution >= 0.6 is 0 Å². The molecule has 0 atom stereocenters. The molecule has 3 rings (SSSR count). The zero-order valence-corrected chi connectivity index (χ0v) is 15.9. The Balaban J connectivity index is 1.79. The fraction of sp³-hybridized carbons (Fsp3) is 0.0455. The highest BCUT2D eigenvalue weighted by atomic mass is 32.2. The highest BCUT2D eigenvalue weighted by Gasteiger charge is 2.15. The first kappa shape index (κ1) is 19.2. The quantitative estimate of drug-likeness (QED) is 0.351. The molecule has 140 valence electrons. The van der Waals surface area contributed by atoms with Crippen LogP contribution in [0.25, 0.3) is 11.6 Å². The Bertz CT molecular complexity index is 1110. The second kappa shape index (κ2) is 8.42. The lowest BCUT2D eigenvalue weighted by Crippen LogP contribution is -2.09. The molecule has 0 aliphatic rings. The van der Waals surface area contributed by atoms with Crippen LogP contribution in [0.5, 0.6) is 11.5 Å². The van der Waals surface area contributed by atoms with Crippen LogP contribution in [0.15, 0.2) is 83.8 Å². The van der Waals surface area contributed by atoms with Crippen molar-refractivity contribution in [3.8, 4) is 17.6 Å². The molecular formula is C22H17NO4S. The van der Waals surface area contributed by atoms with Gasteiger partial charge in [-0.25, -0.2) is 0 Å². The first-order chi connectivity index (χ1) is 13.5. The highest BCUT2D eigenvalue weighted by Crippen LogP contribution is 2.23. The third-order valence-electron chi connectivity index (χ3n) is 3.95. The predicted molar refractivity (Wildman–Crippen MR) is 107 cm³/mol. The van der Waals surface area contributed by atoms with Crippen molar-refractivity contribution in [2.45, 2.75) is 4.90 Å². The molecule has 0 fully saturated rings. The molecule has 0 radical (unpaired) electrons. The molecule has 28 heavy (non-hydrogen) atoms. The van der Waals surface area contributed by atoms with Crippen molar-refractivity contribution in [3.05, 3.63) is 90.0 Å². The van der Waals surface area contributed by atoms with Gasteiger partial charge in [0.15, 0.2) is 0 Å². The topological polar surface area (TPSA) is 76.4 Å². The number of nitriles is 1. The van der Waals surface area contributed by atoms with Gasteiger partial charge in [0.25, 0.3) is 0 Å². The molecule has 0 spiro atoms. The van der Waals surface area contributed by atoms with E-state index in [0.717, 1.165) is 11.1 Å². The van der Waals surface area contributed by atoms with E-state index in [0.29, 0.717) is 11.3 Å². The number of benzene rings is 3. The molecular weight excluding hydrogens is 374 g/mol. The Morgan fingerprint density at radius 3 is 2.07 bits per heavy atom. The van der Waals surface area contributed by atoms with Gasteiger partial charge in [-0.05, 0) is 65.7 Å². The van der Waals surface area contributed by atoms with E-state index in [9.17, 15) is 13.7 Å². The molecule has 6 heteroatoms. The number of hydrogen-bond donors (Lipinski definition) is 0. The second-order valence-corrected chi connectivity index (χ2v) is 7.36. The average Bonchev–Trinajstić information content (AvgIpc) is 2.74. The minimum atomic E-state index is -3.88. The summed E-state index contributed by atoms with van der Waals surface area (Å²) in [4.78, 5) is 0.0882. The summed E-state index contributed by atoms with van der Waals surface area (Å²) in [6, 6.07) is 23.8. The van der Waals surface area contributed by atoms with E-state index in [1.807, 2.05) is 0 Å². The number of ether oxygens (including phenoxy) is 1. The van der Waals surface area contributed by atoms with Gasteiger partial charge in [-0.15, -0.1) is 0 Å². The molecule has 5 nitrogen and oxygen atoms in total. The van der Waals surface area contributed by atoms with Gasteiger partial charge < -0.3 is 8.92 Å². The van der Waals surface area contributed by atoms with Crippen LogP contribution in [0.4, 0.5) is 0 Å². The lowest BCUT2D eigenvalue weighted by Gasteiger charge is -2.07. The zero-order chi connectivity index (χ0) is 20.0. The van der Waals surface area contributed by atoms with Crippen molar-refractivity contribution in [3.63, 3.8) is 0 Å². The van der Waals surface area contributed by atoms with E-state index in [4.69, 9.17) is 8.92 Å². The summed E-state index contributed by atoms with van der Waals surface area (Å²) in [5, 5.41) is 9.45. The summed E-state index contributed by atoms with van der Waals surface area (Å²) < 4.78 is 34.8. The van der Waals surface area contributed by atoms with E-state index in [1.165, 1.54) is 12.1 Å². The van der Waals surface area contributed by atoms with Crippen molar-refractivity contribution < 1.29 is 17.3 Å². The maximum atomic E-state index is 12.3. The standard InChI is InChI=1S/C22H17NO4S/c1-26-20-13-9-18(10-14-20)19(16-23)15-17-7-11-21(12-8-17)27-28(24,25)22-5-3-2-4-6-22/h2-15H,1H3/b19-15+. The van der Waals surface area contributed by atoms with Crippen LogP contribution < -0.4 is 8.92 Å². The minimum Gasteiger partial charge on any atom is -0.497 e. The molecule has 3 aromatic carbocycles. The smallest absolute Gasteiger partial charge is 0.339 e. The van der Waals surface area contributed by atoms with Gasteiger partial charge in [-0.2, -0.15) is 13.7 Å². The summed E-state index contributed by atoms with van der Waals surface area (Å²) in [6.07, 6.45) is 1.72. The molecule has 3 aromatic rings. The van der Waals surface area contributed by atoms with E-state index in [2.05, 4.69) is 6.07 Å². The van der Waals surface area contributed by atoms with Crippen LogP contribution in [0.1, 0.15) is 11.1 Å². The number of hydrogen-bond acceptors (Lipinski definition) is 5. The highest BCUT2D eigenvalue weighted by molar-refractivity contribution is 7.87. The monoisotopic (exact) mass is 391 g/mol. The fourth-order valence-corrected chi connectivity index (χ4v) is 3.45. The SMILES string of the molecule is COc1ccc(/C(C#N)=C/c2ccc(OS(=O)(=O)c3ccccc3)cc2)cc1. The number of methoxy groups -OCH3 is 1. The van der Waals surface area contributed by atoms with Crippen LogP contribution in [0, 0.1) is 11.3 Å². The van der Waals surface area contributed by atoms with E-state index >= 15 is 0 Å². The van der Waals surface area contributed by atoms with Crippen molar-refractivity contribution in [1.29, 1.82) is 5.26 Å². The molecule has 0 saturated carbocycles. The maximum absolute atomic E-state index is 12.3. The molecule has 0 unspecified atom stereocenters. The Morgan fingerprint density at radius 2 is 1.50 bits per heavy atom. The Hall–Kier alpha value is -3.56. The van der Waals surface area contributed by atoms with Gasteiger partial charge in [0, 0.05) is 0 Å². The number of nitrogens with zero attached hydrogens (tertiary/aromatic N) is 1. The zero-order valence-electron chi connectivity index (χ0n) is 15.1. The first-order valence-corrected chi connectivity index (χ1v) is 9.78. The van der Waals surface area contributed by atoms with Crippen molar-refractivity contribution in [2.75, 3.05) is 7.11 Å². The first-order valence-electron chi connectivity index (χ1n) is 8.37. The predicted octanol–water partition coefficient (Wildman–Crippen LogP) is 4.53. The molecule has 0 amide bonds. The maximum Gasteiger partial charge on any atom is 0.339 e. The van der Waals surface area contributed by atoms with Crippen molar-refractivity contribution in [1.82, 2.24) is 0 Å². The second-order valence-electron chi connectivity index (χ2n) is 5.82. The van der Waals surface area contributed by atoms with Crippen LogP contribution in [-0.4, -0.2) is 15.5 Å². The Labute approximate surface area is 164 Å². The Morgan fingerprint density at radius 1 is 0.893 bits per heavy atom. The van der Waals surface area contributed by atoms with Gasteiger partial charge in [0.05, 0.1) is 18.8 Å². The van der Waals surface area contributed by atoms with E-state index < -0.39 is 10.1 Å². The molecule has 0 N–H and O–H groups in total. The third kappa shape index (κ3) is 4.58. The number of rotatable bonds is 6. The lowest BCUT2D eigenvalue weighted by molar-refractivity contribution is 0.415. The summed E-state index contributed by atoms with van der Waals surface area (Å²) in [5.74, 6) is 0.908. The molecule has 0 heterocycles. The minimum absolute atomic E-state index is 0.0882. The Kier molecular flexibility index (Phi) is 5.78. The summed E-state index contributed by atoms with van der Waals surface area (Å²) >= 11 is 0. The molecule has 0 aliphatic carbocycles. The third-order valence-corrected chi connectivity index (χ3v) is 5.21. The number of allylic oxidation sites excluding steroid dienone is 1. The van der Waals surface area contributed by atoms with Crippen molar-refractivity contribution >= 4 is 21.8 Å².